The van der Waals surface area contributed by atoms with Gasteiger partial charge < -0.3 is 9.47 Å². The van der Waals surface area contributed by atoms with Crippen molar-refractivity contribution in [1.82, 2.24) is 14.9 Å². The number of aryl methyl sites for hydroxylation is 1. The molecule has 9 heteroatoms. The highest BCUT2D eigenvalue weighted by Gasteiger charge is 2.20. The quantitative estimate of drug-likeness (QED) is 0.455. The largest absolute Gasteiger partial charge is 0.492 e. The molecule has 30 heavy (non-hydrogen) atoms. The van der Waals surface area contributed by atoms with E-state index >= 15 is 0 Å². The van der Waals surface area contributed by atoms with Crippen LogP contribution in [0.5, 0.6) is 11.6 Å². The Morgan fingerprint density at radius 1 is 1.00 bits per heavy atom. The summed E-state index contributed by atoms with van der Waals surface area (Å²) < 4.78 is 39.3. The maximum absolute atomic E-state index is 12.6. The van der Waals surface area contributed by atoms with Gasteiger partial charge >= 0.3 is 0 Å². The summed E-state index contributed by atoms with van der Waals surface area (Å²) in [6.07, 6.45) is 0. The van der Waals surface area contributed by atoms with Crippen molar-refractivity contribution in [2.75, 3.05) is 19.8 Å². The maximum Gasteiger partial charge on any atom is 0.244 e. The van der Waals surface area contributed by atoms with Crippen molar-refractivity contribution in [3.8, 4) is 22.9 Å². The van der Waals surface area contributed by atoms with Gasteiger partial charge in [-0.15, -0.1) is 10.2 Å². The average Bonchev–Trinajstić information content (AvgIpc) is 2.74. The Hall–Kier alpha value is -2.49. The highest BCUT2D eigenvalue weighted by atomic mass is 79.9. The second-order valence-corrected chi connectivity index (χ2v) is 9.04. The van der Waals surface area contributed by atoms with Gasteiger partial charge in [-0.25, -0.2) is 13.1 Å². The normalized spacial score (nSPS) is 11.3. The lowest BCUT2D eigenvalue weighted by atomic mass is 10.1. The van der Waals surface area contributed by atoms with E-state index in [4.69, 9.17) is 9.47 Å². The van der Waals surface area contributed by atoms with Crippen LogP contribution in [0.3, 0.4) is 0 Å². The minimum absolute atomic E-state index is 0.0703. The van der Waals surface area contributed by atoms with E-state index in [1.54, 1.807) is 25.1 Å². The first-order chi connectivity index (χ1) is 14.4. The summed E-state index contributed by atoms with van der Waals surface area (Å²) in [4.78, 5) is 0.0703. The van der Waals surface area contributed by atoms with Crippen LogP contribution in [0.1, 0.15) is 12.5 Å². The van der Waals surface area contributed by atoms with Gasteiger partial charge in [0.25, 0.3) is 0 Å². The summed E-state index contributed by atoms with van der Waals surface area (Å²) in [7, 11) is -3.76. The number of nitrogens with one attached hydrogen (secondary N) is 1. The van der Waals surface area contributed by atoms with E-state index < -0.39 is 10.0 Å². The lowest BCUT2D eigenvalue weighted by molar-refractivity contribution is 0.306. The Labute approximate surface area is 184 Å². The van der Waals surface area contributed by atoms with E-state index in [-0.39, 0.29) is 18.0 Å². The zero-order valence-corrected chi connectivity index (χ0v) is 19.0. The van der Waals surface area contributed by atoms with Gasteiger partial charge in [0.2, 0.25) is 15.9 Å². The monoisotopic (exact) mass is 491 g/mol. The molecule has 0 aliphatic rings. The summed E-state index contributed by atoms with van der Waals surface area (Å²) in [5.74, 6) is 0.620. The highest BCUT2D eigenvalue weighted by molar-refractivity contribution is 9.10. The first-order valence-corrected chi connectivity index (χ1v) is 11.6. The lowest BCUT2D eigenvalue weighted by Crippen LogP contribution is -2.28. The standard InChI is InChI=1S/C21H22BrN3O4S/c1-3-28-19-10-8-17(22)14-20(19)30(26,27)23-12-13-29-21-11-9-18(24-25-21)16-6-4-15(2)5-7-16/h4-11,14,23H,3,12-13H2,1-2H3. The number of hydrogen-bond donors (Lipinski definition) is 1. The first-order valence-electron chi connectivity index (χ1n) is 9.34. The highest BCUT2D eigenvalue weighted by Crippen LogP contribution is 2.27. The fraction of sp³-hybridized carbons (Fsp3) is 0.238. The number of rotatable bonds is 9. The fourth-order valence-electron chi connectivity index (χ4n) is 2.65. The van der Waals surface area contributed by atoms with Crippen LogP contribution < -0.4 is 14.2 Å². The molecule has 1 heterocycles. The van der Waals surface area contributed by atoms with Crippen molar-refractivity contribution >= 4 is 26.0 Å². The molecule has 1 aromatic heterocycles. The fourth-order valence-corrected chi connectivity index (χ4v) is 4.35. The number of halogens is 1. The van der Waals surface area contributed by atoms with Crippen molar-refractivity contribution in [1.29, 1.82) is 0 Å². The van der Waals surface area contributed by atoms with E-state index in [2.05, 4.69) is 30.8 Å². The molecule has 0 aliphatic heterocycles. The van der Waals surface area contributed by atoms with Crippen LogP contribution in [-0.4, -0.2) is 38.4 Å². The van der Waals surface area contributed by atoms with E-state index in [0.29, 0.717) is 22.7 Å². The van der Waals surface area contributed by atoms with Gasteiger partial charge in [0, 0.05) is 22.6 Å². The van der Waals surface area contributed by atoms with Gasteiger partial charge in [0.1, 0.15) is 17.3 Å². The third kappa shape index (κ3) is 5.78. The Bertz CT molecular complexity index is 1090. The molecule has 7 nitrogen and oxygen atoms in total. The van der Waals surface area contributed by atoms with Crippen molar-refractivity contribution in [3.63, 3.8) is 0 Å². The molecular formula is C21H22BrN3O4S. The van der Waals surface area contributed by atoms with Crippen molar-refractivity contribution < 1.29 is 17.9 Å². The Morgan fingerprint density at radius 3 is 2.43 bits per heavy atom. The van der Waals surface area contributed by atoms with Crippen LogP contribution >= 0.6 is 15.9 Å². The number of ether oxygens (including phenoxy) is 2. The summed E-state index contributed by atoms with van der Waals surface area (Å²) >= 11 is 3.29. The van der Waals surface area contributed by atoms with Gasteiger partial charge in [-0.2, -0.15) is 0 Å². The molecule has 2 aromatic carbocycles. The number of sulfonamides is 1. The molecule has 0 unspecified atom stereocenters. The molecule has 0 bridgehead atoms. The van der Waals surface area contributed by atoms with Crippen LogP contribution in [0, 0.1) is 6.92 Å². The molecular weight excluding hydrogens is 470 g/mol. The van der Waals surface area contributed by atoms with Gasteiger partial charge in [-0.1, -0.05) is 45.8 Å². The molecule has 0 fully saturated rings. The number of nitrogens with zero attached hydrogens (tertiary/aromatic N) is 2. The second-order valence-electron chi connectivity index (χ2n) is 6.39. The second kappa shape index (κ2) is 10.0. The smallest absolute Gasteiger partial charge is 0.244 e. The van der Waals surface area contributed by atoms with E-state index in [1.807, 2.05) is 37.3 Å². The Kier molecular flexibility index (Phi) is 7.41. The molecule has 158 valence electrons. The van der Waals surface area contributed by atoms with Crippen LogP contribution in [0.25, 0.3) is 11.3 Å². The van der Waals surface area contributed by atoms with Gasteiger partial charge in [-0.3, -0.25) is 0 Å². The third-order valence-corrected chi connectivity index (χ3v) is 6.10. The average molecular weight is 492 g/mol. The number of aromatic nitrogens is 2. The summed E-state index contributed by atoms with van der Waals surface area (Å²) in [5, 5.41) is 8.20. The molecule has 0 amide bonds. The molecule has 3 aromatic rings. The van der Waals surface area contributed by atoms with Gasteiger partial charge in [0.15, 0.2) is 0 Å². The molecule has 3 rings (SSSR count). The predicted octanol–water partition coefficient (Wildman–Crippen LogP) is 3.97. The Morgan fingerprint density at radius 2 is 1.77 bits per heavy atom. The summed E-state index contributed by atoms with van der Waals surface area (Å²) in [6, 6.07) is 16.3. The van der Waals surface area contributed by atoms with E-state index in [1.165, 1.54) is 11.6 Å². The van der Waals surface area contributed by atoms with Gasteiger partial charge in [0.05, 0.1) is 12.3 Å². The minimum atomic E-state index is -3.76. The predicted molar refractivity (Wildman–Crippen MR) is 118 cm³/mol. The first kappa shape index (κ1) is 22.2. The molecule has 0 saturated heterocycles. The maximum atomic E-state index is 12.6. The van der Waals surface area contributed by atoms with Crippen molar-refractivity contribution in [3.05, 3.63) is 64.6 Å². The summed E-state index contributed by atoms with van der Waals surface area (Å²) in [5.41, 5.74) is 2.87. The molecule has 0 saturated carbocycles. The topological polar surface area (TPSA) is 90.4 Å². The number of hydrogen-bond acceptors (Lipinski definition) is 6. The Balaban J connectivity index is 1.57. The van der Waals surface area contributed by atoms with E-state index in [0.717, 1.165) is 11.3 Å². The summed E-state index contributed by atoms with van der Waals surface area (Å²) in [6.45, 7) is 4.36. The van der Waals surface area contributed by atoms with Crippen LogP contribution in [-0.2, 0) is 10.0 Å². The third-order valence-electron chi connectivity index (χ3n) is 4.13. The SMILES string of the molecule is CCOc1ccc(Br)cc1S(=O)(=O)NCCOc1ccc(-c2ccc(C)cc2)nn1. The van der Waals surface area contributed by atoms with E-state index in [9.17, 15) is 8.42 Å². The lowest BCUT2D eigenvalue weighted by Gasteiger charge is -2.12. The number of benzene rings is 2. The van der Waals surface area contributed by atoms with Crippen LogP contribution in [0.15, 0.2) is 64.0 Å². The molecule has 0 atom stereocenters. The molecule has 0 spiro atoms. The zero-order chi connectivity index (χ0) is 21.6. The molecule has 0 radical (unpaired) electrons. The van der Waals surface area contributed by atoms with Crippen molar-refractivity contribution in [2.45, 2.75) is 18.7 Å². The van der Waals surface area contributed by atoms with Crippen LogP contribution in [0.2, 0.25) is 0 Å². The minimum Gasteiger partial charge on any atom is -0.492 e. The van der Waals surface area contributed by atoms with Crippen LogP contribution in [0.4, 0.5) is 0 Å². The van der Waals surface area contributed by atoms with Gasteiger partial charge in [-0.05, 0) is 38.1 Å². The molecule has 0 aliphatic carbocycles. The van der Waals surface area contributed by atoms with Crippen molar-refractivity contribution in [2.24, 2.45) is 0 Å². The zero-order valence-electron chi connectivity index (χ0n) is 16.6. The molecule has 1 N–H and O–H groups in total.